The van der Waals surface area contributed by atoms with Gasteiger partial charge in [0.2, 0.25) is 0 Å². The number of nitrogens with one attached hydrogen (secondary N) is 1. The number of methoxy groups -OCH3 is 1. The lowest BCUT2D eigenvalue weighted by molar-refractivity contribution is -0.384. The first kappa shape index (κ1) is 14.9. The Morgan fingerprint density at radius 3 is 2.79 bits per heavy atom. The van der Waals surface area contributed by atoms with E-state index in [0.29, 0.717) is 18.7 Å². The van der Waals surface area contributed by atoms with Crippen LogP contribution in [0.4, 0.5) is 5.69 Å². The van der Waals surface area contributed by atoms with Gasteiger partial charge in [-0.1, -0.05) is 0 Å². The predicted molar refractivity (Wildman–Crippen MR) is 70.2 cm³/mol. The Hall–Kier alpha value is -2.15. The van der Waals surface area contributed by atoms with Crippen molar-refractivity contribution >= 4 is 11.6 Å². The number of hydrogen-bond donors (Lipinski definition) is 2. The maximum atomic E-state index is 11.9. The van der Waals surface area contributed by atoms with Gasteiger partial charge in [-0.2, -0.15) is 0 Å². The first-order chi connectivity index (χ1) is 8.95. The van der Waals surface area contributed by atoms with Crippen molar-refractivity contribution in [1.82, 2.24) is 5.32 Å². The Labute approximate surface area is 110 Å². The highest BCUT2D eigenvalue weighted by Gasteiger charge is 2.17. The first-order valence-corrected chi connectivity index (χ1v) is 5.82. The maximum absolute atomic E-state index is 11.9. The van der Waals surface area contributed by atoms with Crippen molar-refractivity contribution in [3.63, 3.8) is 0 Å². The average Bonchev–Trinajstić information content (AvgIpc) is 2.37. The molecule has 1 unspecified atom stereocenters. The number of rotatable bonds is 6. The molecule has 1 atom stereocenters. The molecule has 0 aliphatic heterocycles. The molecule has 1 amide bonds. The van der Waals surface area contributed by atoms with Gasteiger partial charge in [-0.15, -0.1) is 0 Å². The molecule has 1 aromatic carbocycles. The van der Waals surface area contributed by atoms with E-state index in [4.69, 9.17) is 10.5 Å². The topological polar surface area (TPSA) is 107 Å². The highest BCUT2D eigenvalue weighted by molar-refractivity contribution is 5.97. The van der Waals surface area contributed by atoms with Crippen molar-refractivity contribution in [1.29, 1.82) is 0 Å². The molecule has 0 aliphatic carbocycles. The number of amides is 1. The predicted octanol–water partition coefficient (Wildman–Crippen LogP) is 1.07. The van der Waals surface area contributed by atoms with E-state index in [1.54, 1.807) is 0 Å². The number of nitrogens with zero attached hydrogens (tertiary/aromatic N) is 1. The van der Waals surface area contributed by atoms with Gasteiger partial charge in [0.15, 0.2) is 0 Å². The lowest BCUT2D eigenvalue weighted by atomic mass is 10.1. The zero-order valence-electron chi connectivity index (χ0n) is 10.9. The molecule has 0 aromatic heterocycles. The molecule has 0 bridgehead atoms. The first-order valence-electron chi connectivity index (χ1n) is 5.82. The zero-order chi connectivity index (χ0) is 14.4. The Morgan fingerprint density at radius 1 is 1.58 bits per heavy atom. The number of carbonyl (C=O) groups is 1. The fourth-order valence-corrected chi connectivity index (χ4v) is 1.50. The minimum atomic E-state index is -0.557. The number of ether oxygens (including phenoxy) is 1. The molecule has 0 saturated heterocycles. The summed E-state index contributed by atoms with van der Waals surface area (Å²) in [6, 6.07) is 3.86. The largest absolute Gasteiger partial charge is 0.496 e. The fourth-order valence-electron chi connectivity index (χ4n) is 1.50. The normalized spacial score (nSPS) is 11.7. The second-order valence-electron chi connectivity index (χ2n) is 4.16. The molecular formula is C12H17N3O4. The number of nitro groups is 1. The highest BCUT2D eigenvalue weighted by atomic mass is 16.6. The summed E-state index contributed by atoms with van der Waals surface area (Å²) >= 11 is 0. The zero-order valence-corrected chi connectivity index (χ0v) is 10.9. The number of non-ortho nitro benzene ring substituents is 1. The summed E-state index contributed by atoms with van der Waals surface area (Å²) in [7, 11) is 1.40. The molecule has 3 N–H and O–H groups in total. The van der Waals surface area contributed by atoms with E-state index in [-0.39, 0.29) is 17.3 Å². The minimum Gasteiger partial charge on any atom is -0.496 e. The van der Waals surface area contributed by atoms with Gasteiger partial charge < -0.3 is 15.8 Å². The van der Waals surface area contributed by atoms with E-state index in [1.165, 1.54) is 25.3 Å². The van der Waals surface area contributed by atoms with Gasteiger partial charge in [0, 0.05) is 24.7 Å². The Kier molecular flexibility index (Phi) is 5.25. The summed E-state index contributed by atoms with van der Waals surface area (Å²) < 4.78 is 5.02. The number of benzene rings is 1. The lowest BCUT2D eigenvalue weighted by Crippen LogP contribution is -2.29. The maximum Gasteiger partial charge on any atom is 0.270 e. The molecule has 0 aliphatic rings. The van der Waals surface area contributed by atoms with Gasteiger partial charge in [-0.3, -0.25) is 14.9 Å². The third kappa shape index (κ3) is 4.22. The summed E-state index contributed by atoms with van der Waals surface area (Å²) in [6.45, 7) is 2.24. The smallest absolute Gasteiger partial charge is 0.270 e. The Bertz CT molecular complexity index is 474. The molecule has 7 heteroatoms. The SMILES string of the molecule is COc1ccc([N+](=O)[O-])cc1C(=O)NCCC(C)N. The van der Waals surface area contributed by atoms with Crippen LogP contribution in [-0.4, -0.2) is 30.5 Å². The van der Waals surface area contributed by atoms with Gasteiger partial charge in [0.25, 0.3) is 11.6 Å². The number of carbonyl (C=O) groups excluding carboxylic acids is 1. The molecule has 104 valence electrons. The van der Waals surface area contributed by atoms with Gasteiger partial charge in [0.05, 0.1) is 17.6 Å². The summed E-state index contributed by atoms with van der Waals surface area (Å²) in [4.78, 5) is 22.1. The molecule has 0 saturated carbocycles. The summed E-state index contributed by atoms with van der Waals surface area (Å²) in [5.41, 5.74) is 5.56. The Morgan fingerprint density at radius 2 is 2.26 bits per heavy atom. The van der Waals surface area contributed by atoms with Crippen LogP contribution in [0.3, 0.4) is 0 Å². The number of hydrogen-bond acceptors (Lipinski definition) is 5. The van der Waals surface area contributed by atoms with E-state index < -0.39 is 10.8 Å². The molecule has 0 heterocycles. The van der Waals surface area contributed by atoms with Crippen LogP contribution in [0.5, 0.6) is 5.75 Å². The van der Waals surface area contributed by atoms with Crippen molar-refractivity contribution in [3.8, 4) is 5.75 Å². The van der Waals surface area contributed by atoms with Crippen molar-refractivity contribution < 1.29 is 14.5 Å². The molecular weight excluding hydrogens is 250 g/mol. The van der Waals surface area contributed by atoms with Crippen molar-refractivity contribution in [2.24, 2.45) is 5.73 Å². The molecule has 0 radical (unpaired) electrons. The average molecular weight is 267 g/mol. The fraction of sp³-hybridized carbons (Fsp3) is 0.417. The monoisotopic (exact) mass is 267 g/mol. The molecule has 0 fully saturated rings. The summed E-state index contributed by atoms with van der Waals surface area (Å²) in [5.74, 6) is -0.120. The van der Waals surface area contributed by atoms with Gasteiger partial charge >= 0.3 is 0 Å². The number of nitro benzene ring substituents is 1. The van der Waals surface area contributed by atoms with Crippen LogP contribution in [-0.2, 0) is 0 Å². The number of nitrogens with two attached hydrogens (primary N) is 1. The molecule has 19 heavy (non-hydrogen) atoms. The Balaban J connectivity index is 2.87. The van der Waals surface area contributed by atoms with E-state index in [1.807, 2.05) is 6.92 Å². The van der Waals surface area contributed by atoms with Crippen LogP contribution in [0.1, 0.15) is 23.7 Å². The minimum absolute atomic E-state index is 0.0210. The second kappa shape index (κ2) is 6.69. The third-order valence-corrected chi connectivity index (χ3v) is 2.52. The van der Waals surface area contributed by atoms with Gasteiger partial charge in [-0.25, -0.2) is 0 Å². The lowest BCUT2D eigenvalue weighted by Gasteiger charge is -2.10. The van der Waals surface area contributed by atoms with Gasteiger partial charge in [0.1, 0.15) is 5.75 Å². The van der Waals surface area contributed by atoms with Crippen molar-refractivity contribution in [2.75, 3.05) is 13.7 Å². The van der Waals surface area contributed by atoms with Crippen LogP contribution < -0.4 is 15.8 Å². The van der Waals surface area contributed by atoms with Crippen LogP contribution in [0.2, 0.25) is 0 Å². The third-order valence-electron chi connectivity index (χ3n) is 2.52. The summed E-state index contributed by atoms with van der Waals surface area (Å²) in [6.07, 6.45) is 0.628. The van der Waals surface area contributed by atoms with Crippen LogP contribution >= 0.6 is 0 Å². The van der Waals surface area contributed by atoms with E-state index in [9.17, 15) is 14.9 Å². The second-order valence-corrected chi connectivity index (χ2v) is 4.16. The van der Waals surface area contributed by atoms with E-state index >= 15 is 0 Å². The molecule has 1 rings (SSSR count). The van der Waals surface area contributed by atoms with E-state index in [0.717, 1.165) is 0 Å². The van der Waals surface area contributed by atoms with E-state index in [2.05, 4.69) is 5.32 Å². The molecule has 1 aromatic rings. The van der Waals surface area contributed by atoms with Gasteiger partial charge in [-0.05, 0) is 19.4 Å². The van der Waals surface area contributed by atoms with Crippen molar-refractivity contribution in [3.05, 3.63) is 33.9 Å². The van der Waals surface area contributed by atoms with Crippen LogP contribution in [0.25, 0.3) is 0 Å². The van der Waals surface area contributed by atoms with Crippen LogP contribution in [0.15, 0.2) is 18.2 Å². The standard InChI is InChI=1S/C12H17N3O4/c1-8(13)5-6-14-12(16)10-7-9(15(17)18)3-4-11(10)19-2/h3-4,7-8H,5-6,13H2,1-2H3,(H,14,16). The van der Waals surface area contributed by atoms with Crippen LogP contribution in [0, 0.1) is 10.1 Å². The summed E-state index contributed by atoms with van der Waals surface area (Å²) in [5, 5.41) is 13.3. The highest BCUT2D eigenvalue weighted by Crippen LogP contribution is 2.23. The quantitative estimate of drug-likeness (QED) is 0.592. The molecule has 7 nitrogen and oxygen atoms in total. The molecule has 0 spiro atoms. The van der Waals surface area contributed by atoms with Crippen molar-refractivity contribution in [2.45, 2.75) is 19.4 Å².